The van der Waals surface area contributed by atoms with Gasteiger partial charge in [-0.15, -0.1) is 0 Å². The number of rotatable bonds is 5. The number of nitrogens with zero attached hydrogens (tertiary/aromatic N) is 2. The summed E-state index contributed by atoms with van der Waals surface area (Å²) in [6.45, 7) is 8.55. The van der Waals surface area contributed by atoms with Crippen LogP contribution in [0.15, 0.2) is 28.7 Å². The minimum Gasteiger partial charge on any atom is -0.437 e. The summed E-state index contributed by atoms with van der Waals surface area (Å²) < 4.78 is 5.65. The normalized spacial score (nSPS) is 14.7. The Balaban J connectivity index is 1.65. The number of carbonyl (C=O) groups excluding carboxylic acids is 1. The van der Waals surface area contributed by atoms with Crippen molar-refractivity contribution in [2.75, 3.05) is 6.54 Å². The van der Waals surface area contributed by atoms with Crippen molar-refractivity contribution >= 4 is 5.91 Å². The van der Waals surface area contributed by atoms with E-state index in [1.807, 2.05) is 13.8 Å². The van der Waals surface area contributed by atoms with Crippen LogP contribution in [0, 0.1) is 0 Å². The molecule has 5 heteroatoms. The molecule has 1 aliphatic rings. The molecule has 0 spiro atoms. The van der Waals surface area contributed by atoms with Gasteiger partial charge in [0.2, 0.25) is 0 Å². The summed E-state index contributed by atoms with van der Waals surface area (Å²) in [5, 5.41) is 2.82. The van der Waals surface area contributed by atoms with E-state index in [9.17, 15) is 4.79 Å². The zero-order chi connectivity index (χ0) is 17.1. The minimum atomic E-state index is -0.235. The summed E-state index contributed by atoms with van der Waals surface area (Å²) >= 11 is 0. The van der Waals surface area contributed by atoms with Crippen LogP contribution in [0.25, 0.3) is 0 Å². The Kier molecular flexibility index (Phi) is 5.00. The van der Waals surface area contributed by atoms with Gasteiger partial charge in [-0.25, -0.2) is 4.98 Å². The summed E-state index contributed by atoms with van der Waals surface area (Å²) in [5.74, 6) is 0.797. The molecule has 0 radical (unpaired) electrons. The average molecular weight is 327 g/mol. The Morgan fingerprint density at radius 3 is 2.67 bits per heavy atom. The van der Waals surface area contributed by atoms with E-state index < -0.39 is 0 Å². The van der Waals surface area contributed by atoms with E-state index in [0.29, 0.717) is 0 Å². The highest BCUT2D eigenvalue weighted by Gasteiger charge is 2.25. The van der Waals surface area contributed by atoms with Crippen LogP contribution < -0.4 is 5.32 Å². The van der Waals surface area contributed by atoms with Gasteiger partial charge >= 0.3 is 5.91 Å². The van der Waals surface area contributed by atoms with Gasteiger partial charge in [0.15, 0.2) is 0 Å². The number of hydrogen-bond donors (Lipinski definition) is 1. The second kappa shape index (κ2) is 7.18. The highest BCUT2D eigenvalue weighted by atomic mass is 16.4. The monoisotopic (exact) mass is 327 g/mol. The molecule has 24 heavy (non-hydrogen) atoms. The molecule has 0 saturated heterocycles. The second-order valence-electron chi connectivity index (χ2n) is 6.65. The van der Waals surface area contributed by atoms with Crippen LogP contribution >= 0.6 is 0 Å². The molecule has 0 saturated carbocycles. The predicted molar refractivity (Wildman–Crippen MR) is 92.7 cm³/mol. The summed E-state index contributed by atoms with van der Waals surface area (Å²) in [6.07, 6.45) is 1.86. The number of aryl methyl sites for hydroxylation is 1. The highest BCUT2D eigenvalue weighted by Crippen LogP contribution is 2.21. The van der Waals surface area contributed by atoms with Crippen molar-refractivity contribution in [3.8, 4) is 0 Å². The molecule has 128 valence electrons. The van der Waals surface area contributed by atoms with E-state index in [4.69, 9.17) is 4.42 Å². The Bertz CT molecular complexity index is 704. The Labute approximate surface area is 143 Å². The SMILES string of the molecule is CCc1ccc(CN2CCc3oc(C(=O)NC(C)C)nc3C2)cc1. The predicted octanol–water partition coefficient (Wildman–Crippen LogP) is 2.93. The molecule has 0 unspecified atom stereocenters. The average Bonchev–Trinajstić information content (AvgIpc) is 2.98. The molecule has 3 rings (SSSR count). The van der Waals surface area contributed by atoms with Crippen LogP contribution in [0.3, 0.4) is 0 Å². The van der Waals surface area contributed by atoms with Crippen molar-refractivity contribution in [2.45, 2.75) is 52.7 Å². The van der Waals surface area contributed by atoms with Gasteiger partial charge in [-0.2, -0.15) is 0 Å². The maximum absolute atomic E-state index is 12.0. The summed E-state index contributed by atoms with van der Waals surface area (Å²) in [6, 6.07) is 8.84. The Morgan fingerprint density at radius 2 is 2.00 bits per heavy atom. The fraction of sp³-hybridized carbons (Fsp3) is 0.474. The van der Waals surface area contributed by atoms with Crippen molar-refractivity contribution in [3.05, 3.63) is 52.7 Å². The zero-order valence-corrected chi connectivity index (χ0v) is 14.6. The van der Waals surface area contributed by atoms with Gasteiger partial charge in [-0.05, 0) is 31.4 Å². The van der Waals surface area contributed by atoms with Gasteiger partial charge in [-0.3, -0.25) is 9.69 Å². The van der Waals surface area contributed by atoms with Crippen molar-refractivity contribution in [3.63, 3.8) is 0 Å². The molecule has 5 nitrogen and oxygen atoms in total. The summed E-state index contributed by atoms with van der Waals surface area (Å²) in [5.41, 5.74) is 3.55. The lowest BCUT2D eigenvalue weighted by Crippen LogP contribution is -2.30. The minimum absolute atomic E-state index is 0.0732. The first kappa shape index (κ1) is 16.7. The van der Waals surface area contributed by atoms with E-state index in [2.05, 4.69) is 46.4 Å². The molecule has 1 N–H and O–H groups in total. The second-order valence-corrected chi connectivity index (χ2v) is 6.65. The molecular weight excluding hydrogens is 302 g/mol. The molecule has 2 heterocycles. The molecular formula is C19H25N3O2. The molecule has 0 aliphatic carbocycles. The van der Waals surface area contributed by atoms with Crippen molar-refractivity contribution in [2.24, 2.45) is 0 Å². The fourth-order valence-corrected chi connectivity index (χ4v) is 2.95. The van der Waals surface area contributed by atoms with Crippen LogP contribution in [-0.2, 0) is 25.9 Å². The molecule has 1 aliphatic heterocycles. The number of nitrogens with one attached hydrogen (secondary N) is 1. The maximum atomic E-state index is 12.0. The number of fused-ring (bicyclic) bond motifs is 1. The first-order chi connectivity index (χ1) is 11.5. The number of benzene rings is 1. The van der Waals surface area contributed by atoms with Crippen molar-refractivity contribution < 1.29 is 9.21 Å². The van der Waals surface area contributed by atoms with E-state index >= 15 is 0 Å². The van der Waals surface area contributed by atoms with Gasteiger partial charge in [-0.1, -0.05) is 31.2 Å². The molecule has 1 aromatic carbocycles. The third-order valence-electron chi connectivity index (χ3n) is 4.26. The largest absolute Gasteiger partial charge is 0.437 e. The molecule has 2 aromatic rings. The molecule has 0 fully saturated rings. The fourth-order valence-electron chi connectivity index (χ4n) is 2.95. The lowest BCUT2D eigenvalue weighted by molar-refractivity contribution is 0.0906. The quantitative estimate of drug-likeness (QED) is 0.917. The van der Waals surface area contributed by atoms with E-state index in [1.54, 1.807) is 0 Å². The molecule has 0 bridgehead atoms. The van der Waals surface area contributed by atoms with Crippen LogP contribution in [0.1, 0.15) is 54.0 Å². The lowest BCUT2D eigenvalue weighted by Gasteiger charge is -2.25. The lowest BCUT2D eigenvalue weighted by atomic mass is 10.1. The molecule has 1 amide bonds. The van der Waals surface area contributed by atoms with Gasteiger partial charge in [0, 0.05) is 32.1 Å². The van der Waals surface area contributed by atoms with E-state index in [0.717, 1.165) is 43.9 Å². The summed E-state index contributed by atoms with van der Waals surface area (Å²) in [4.78, 5) is 18.8. The van der Waals surface area contributed by atoms with Crippen molar-refractivity contribution in [1.82, 2.24) is 15.2 Å². The third-order valence-corrected chi connectivity index (χ3v) is 4.26. The van der Waals surface area contributed by atoms with Crippen LogP contribution in [0.4, 0.5) is 0 Å². The van der Waals surface area contributed by atoms with Gasteiger partial charge in [0.05, 0.1) is 5.69 Å². The highest BCUT2D eigenvalue weighted by molar-refractivity contribution is 5.89. The number of carbonyl (C=O) groups is 1. The topological polar surface area (TPSA) is 58.4 Å². The zero-order valence-electron chi connectivity index (χ0n) is 14.6. The first-order valence-corrected chi connectivity index (χ1v) is 8.64. The van der Waals surface area contributed by atoms with Crippen LogP contribution in [-0.4, -0.2) is 28.4 Å². The maximum Gasteiger partial charge on any atom is 0.307 e. The smallest absolute Gasteiger partial charge is 0.307 e. The van der Waals surface area contributed by atoms with E-state index in [-0.39, 0.29) is 17.8 Å². The van der Waals surface area contributed by atoms with Gasteiger partial charge in [0.25, 0.3) is 5.89 Å². The number of aromatic nitrogens is 1. The standard InChI is InChI=1S/C19H25N3O2/c1-4-14-5-7-15(8-6-14)11-22-10-9-17-16(12-22)21-19(24-17)18(23)20-13(2)3/h5-8,13H,4,9-12H2,1-3H3,(H,20,23). The number of amides is 1. The molecule has 1 aromatic heterocycles. The summed E-state index contributed by atoms with van der Waals surface area (Å²) in [7, 11) is 0. The molecule has 0 atom stereocenters. The Hall–Kier alpha value is -2.14. The van der Waals surface area contributed by atoms with Gasteiger partial charge in [0.1, 0.15) is 5.76 Å². The Morgan fingerprint density at radius 1 is 1.29 bits per heavy atom. The van der Waals surface area contributed by atoms with Crippen molar-refractivity contribution in [1.29, 1.82) is 0 Å². The number of hydrogen-bond acceptors (Lipinski definition) is 4. The first-order valence-electron chi connectivity index (χ1n) is 8.64. The number of oxazole rings is 1. The van der Waals surface area contributed by atoms with Gasteiger partial charge < -0.3 is 9.73 Å². The van der Waals surface area contributed by atoms with Crippen LogP contribution in [0.5, 0.6) is 0 Å². The third kappa shape index (κ3) is 3.85. The van der Waals surface area contributed by atoms with E-state index in [1.165, 1.54) is 11.1 Å². The van der Waals surface area contributed by atoms with Crippen LogP contribution in [0.2, 0.25) is 0 Å².